The van der Waals surface area contributed by atoms with E-state index in [2.05, 4.69) is 27.4 Å². The van der Waals surface area contributed by atoms with Crippen LogP contribution in [0.4, 0.5) is 4.79 Å². The zero-order chi connectivity index (χ0) is 19.8. The van der Waals surface area contributed by atoms with Gasteiger partial charge in [0.2, 0.25) is 0 Å². The molecule has 1 unspecified atom stereocenters. The van der Waals surface area contributed by atoms with Crippen LogP contribution in [0.15, 0.2) is 42.7 Å². The van der Waals surface area contributed by atoms with E-state index >= 15 is 0 Å². The Hall–Kier alpha value is -2.54. The Kier molecular flexibility index (Phi) is 7.67. The highest BCUT2D eigenvalue weighted by Gasteiger charge is 2.17. The van der Waals surface area contributed by atoms with Crippen LogP contribution in [0.3, 0.4) is 0 Å². The third-order valence-electron chi connectivity index (χ3n) is 4.28. The summed E-state index contributed by atoms with van der Waals surface area (Å²) < 4.78 is 7.51. The average molecular weight is 374 g/mol. The summed E-state index contributed by atoms with van der Waals surface area (Å²) in [7, 11) is 5.81. The van der Waals surface area contributed by atoms with Gasteiger partial charge >= 0.3 is 6.03 Å². The molecular formula is C20H31N5O2. The largest absolute Gasteiger partial charge is 0.491 e. The van der Waals surface area contributed by atoms with Gasteiger partial charge in [0.25, 0.3) is 0 Å². The van der Waals surface area contributed by atoms with Gasteiger partial charge < -0.3 is 19.9 Å². The second kappa shape index (κ2) is 9.97. The van der Waals surface area contributed by atoms with E-state index in [9.17, 15) is 4.79 Å². The zero-order valence-corrected chi connectivity index (χ0v) is 16.9. The number of hydrogen-bond acceptors (Lipinski definition) is 4. The molecule has 1 heterocycles. The molecule has 0 aliphatic rings. The predicted octanol–water partition coefficient (Wildman–Crippen LogP) is 2.61. The van der Waals surface area contributed by atoms with Gasteiger partial charge in [0, 0.05) is 32.5 Å². The number of aromatic nitrogens is 2. The summed E-state index contributed by atoms with van der Waals surface area (Å²) in [5.74, 6) is 0.855. The predicted molar refractivity (Wildman–Crippen MR) is 107 cm³/mol. The molecule has 1 aromatic carbocycles. The molecule has 0 fully saturated rings. The fraction of sp³-hybridized carbons (Fsp3) is 0.500. The van der Waals surface area contributed by atoms with Crippen molar-refractivity contribution < 1.29 is 9.53 Å². The summed E-state index contributed by atoms with van der Waals surface area (Å²) in [6.07, 6.45) is 3.77. The lowest BCUT2D eigenvalue weighted by Gasteiger charge is -2.27. The van der Waals surface area contributed by atoms with Crippen molar-refractivity contribution in [3.8, 4) is 5.75 Å². The van der Waals surface area contributed by atoms with Gasteiger partial charge in [-0.25, -0.2) is 4.79 Å². The van der Waals surface area contributed by atoms with Crippen LogP contribution in [0.25, 0.3) is 0 Å². The van der Waals surface area contributed by atoms with Gasteiger partial charge in [-0.1, -0.05) is 12.1 Å². The number of hydrogen-bond donors (Lipinski definition) is 1. The molecule has 0 spiro atoms. The van der Waals surface area contributed by atoms with Crippen molar-refractivity contribution in [3.63, 3.8) is 0 Å². The first-order valence-electron chi connectivity index (χ1n) is 9.26. The molecular weight excluding hydrogens is 342 g/mol. The first kappa shape index (κ1) is 20.8. The quantitative estimate of drug-likeness (QED) is 0.734. The third kappa shape index (κ3) is 6.60. The highest BCUT2D eigenvalue weighted by atomic mass is 16.5. The van der Waals surface area contributed by atoms with E-state index in [0.717, 1.165) is 11.3 Å². The molecule has 27 heavy (non-hydrogen) atoms. The van der Waals surface area contributed by atoms with Gasteiger partial charge in [0.15, 0.2) is 0 Å². The lowest BCUT2D eigenvalue weighted by molar-refractivity contribution is 0.200. The van der Waals surface area contributed by atoms with Crippen LogP contribution >= 0.6 is 0 Å². The summed E-state index contributed by atoms with van der Waals surface area (Å²) in [6.45, 7) is 5.82. The Balaban J connectivity index is 1.88. The fourth-order valence-corrected chi connectivity index (χ4v) is 2.74. The van der Waals surface area contributed by atoms with E-state index < -0.39 is 0 Å². The standard InChI is InChI=1S/C20H31N5O2/c1-16(2)27-18-9-7-17(8-10-18)19(23(3)4)15-21-20(26)24(5)13-14-25-12-6-11-22-25/h6-12,16,19H,13-15H2,1-5H3,(H,21,26). The molecule has 2 aromatic rings. The van der Waals surface area contributed by atoms with Crippen LogP contribution in [0.5, 0.6) is 5.75 Å². The van der Waals surface area contributed by atoms with Crippen molar-refractivity contribution in [1.82, 2.24) is 24.9 Å². The number of nitrogens with one attached hydrogen (secondary N) is 1. The Bertz CT molecular complexity index is 683. The zero-order valence-electron chi connectivity index (χ0n) is 16.9. The molecule has 2 rings (SSSR count). The Morgan fingerprint density at radius 1 is 1.22 bits per heavy atom. The molecule has 7 nitrogen and oxygen atoms in total. The monoisotopic (exact) mass is 373 g/mol. The Labute approximate surface area is 161 Å². The van der Waals surface area contributed by atoms with Crippen LogP contribution in [0, 0.1) is 0 Å². The van der Waals surface area contributed by atoms with Crippen molar-refractivity contribution in [2.75, 3.05) is 34.2 Å². The van der Waals surface area contributed by atoms with E-state index in [-0.39, 0.29) is 18.2 Å². The minimum atomic E-state index is -0.0891. The maximum atomic E-state index is 12.4. The summed E-state index contributed by atoms with van der Waals surface area (Å²) >= 11 is 0. The first-order chi connectivity index (χ1) is 12.9. The molecule has 0 saturated heterocycles. The molecule has 1 atom stereocenters. The Morgan fingerprint density at radius 3 is 2.48 bits per heavy atom. The molecule has 0 radical (unpaired) electrons. The molecule has 0 bridgehead atoms. The SMILES string of the molecule is CC(C)Oc1ccc(C(CNC(=O)N(C)CCn2cccn2)N(C)C)cc1. The number of ether oxygens (including phenoxy) is 1. The van der Waals surface area contributed by atoms with Gasteiger partial charge in [0.05, 0.1) is 18.7 Å². The van der Waals surface area contributed by atoms with Crippen LogP contribution in [-0.2, 0) is 6.54 Å². The number of carbonyl (C=O) groups excluding carboxylic acids is 1. The van der Waals surface area contributed by atoms with E-state index in [0.29, 0.717) is 19.6 Å². The summed E-state index contributed by atoms with van der Waals surface area (Å²) in [6, 6.07) is 9.93. The van der Waals surface area contributed by atoms with Gasteiger partial charge in [-0.3, -0.25) is 4.68 Å². The molecule has 0 aliphatic heterocycles. The smallest absolute Gasteiger partial charge is 0.317 e. The van der Waals surface area contributed by atoms with Gasteiger partial charge in [-0.15, -0.1) is 0 Å². The maximum Gasteiger partial charge on any atom is 0.317 e. The lowest BCUT2D eigenvalue weighted by Crippen LogP contribution is -2.42. The van der Waals surface area contributed by atoms with Crippen molar-refractivity contribution in [1.29, 1.82) is 0 Å². The minimum Gasteiger partial charge on any atom is -0.491 e. The number of amides is 2. The number of urea groups is 1. The third-order valence-corrected chi connectivity index (χ3v) is 4.28. The summed E-state index contributed by atoms with van der Waals surface area (Å²) in [4.78, 5) is 16.2. The molecule has 148 valence electrons. The molecule has 2 amide bonds. The van der Waals surface area contributed by atoms with Gasteiger partial charge in [-0.2, -0.15) is 5.10 Å². The lowest BCUT2D eigenvalue weighted by atomic mass is 10.1. The number of likely N-dealkylation sites (N-methyl/N-ethyl adjacent to an activating group) is 2. The molecule has 7 heteroatoms. The topological polar surface area (TPSA) is 62.6 Å². The van der Waals surface area contributed by atoms with Crippen molar-refractivity contribution in [3.05, 3.63) is 48.3 Å². The summed E-state index contributed by atoms with van der Waals surface area (Å²) in [5.41, 5.74) is 1.13. The molecule has 0 aliphatic carbocycles. The molecule has 1 aromatic heterocycles. The highest BCUT2D eigenvalue weighted by Crippen LogP contribution is 2.21. The van der Waals surface area contributed by atoms with E-state index in [1.807, 2.05) is 57.0 Å². The molecule has 0 saturated carbocycles. The number of rotatable bonds is 9. The number of benzene rings is 1. The van der Waals surface area contributed by atoms with E-state index in [1.165, 1.54) is 0 Å². The average Bonchev–Trinajstić information content (AvgIpc) is 3.13. The van der Waals surface area contributed by atoms with Crippen LogP contribution < -0.4 is 10.1 Å². The number of carbonyl (C=O) groups is 1. The van der Waals surface area contributed by atoms with Crippen LogP contribution in [-0.4, -0.2) is 65.9 Å². The normalized spacial score (nSPS) is 12.3. The van der Waals surface area contributed by atoms with Crippen molar-refractivity contribution >= 4 is 6.03 Å². The first-order valence-corrected chi connectivity index (χ1v) is 9.26. The summed E-state index contributed by atoms with van der Waals surface area (Å²) in [5, 5.41) is 7.17. The van der Waals surface area contributed by atoms with E-state index in [1.54, 1.807) is 18.1 Å². The number of nitrogens with zero attached hydrogens (tertiary/aromatic N) is 4. The van der Waals surface area contributed by atoms with Crippen molar-refractivity contribution in [2.24, 2.45) is 0 Å². The minimum absolute atomic E-state index is 0.0848. The second-order valence-electron chi connectivity index (χ2n) is 7.09. The molecule has 1 N–H and O–H groups in total. The highest BCUT2D eigenvalue weighted by molar-refractivity contribution is 5.73. The van der Waals surface area contributed by atoms with Crippen LogP contribution in [0.1, 0.15) is 25.5 Å². The Morgan fingerprint density at radius 2 is 1.93 bits per heavy atom. The fourth-order valence-electron chi connectivity index (χ4n) is 2.74. The van der Waals surface area contributed by atoms with Gasteiger partial charge in [0.1, 0.15) is 5.75 Å². The van der Waals surface area contributed by atoms with Crippen molar-refractivity contribution in [2.45, 2.75) is 32.5 Å². The maximum absolute atomic E-state index is 12.4. The van der Waals surface area contributed by atoms with Crippen LogP contribution in [0.2, 0.25) is 0 Å². The van der Waals surface area contributed by atoms with Gasteiger partial charge in [-0.05, 0) is 51.7 Å². The van der Waals surface area contributed by atoms with E-state index in [4.69, 9.17) is 4.74 Å². The second-order valence-corrected chi connectivity index (χ2v) is 7.09.